The van der Waals surface area contributed by atoms with Crippen molar-refractivity contribution in [3.63, 3.8) is 0 Å². The molecule has 1 aliphatic rings. The molecule has 1 atom stereocenters. The molecule has 1 aromatic heterocycles. The number of para-hydroxylation sites is 1. The van der Waals surface area contributed by atoms with Crippen LogP contribution in [0, 0.1) is 11.3 Å². The second-order valence-electron chi connectivity index (χ2n) is 10.5. The molecule has 4 rings (SSSR count). The van der Waals surface area contributed by atoms with Crippen LogP contribution in [-0.4, -0.2) is 36.2 Å². The van der Waals surface area contributed by atoms with Crippen molar-refractivity contribution in [1.82, 2.24) is 10.3 Å². The van der Waals surface area contributed by atoms with E-state index in [1.807, 2.05) is 24.3 Å². The molecule has 0 aliphatic heterocycles. The van der Waals surface area contributed by atoms with Gasteiger partial charge in [0.05, 0.1) is 16.8 Å². The average molecular weight is 545 g/mol. The maximum atomic E-state index is 13.4. The van der Waals surface area contributed by atoms with E-state index in [-0.39, 0.29) is 16.9 Å². The summed E-state index contributed by atoms with van der Waals surface area (Å²) < 4.78 is 42.6. The molecule has 9 heteroatoms. The Hall–Kier alpha value is -3.39. The van der Waals surface area contributed by atoms with Crippen molar-refractivity contribution < 1.29 is 27.5 Å². The van der Waals surface area contributed by atoms with Crippen LogP contribution in [0.4, 0.5) is 13.2 Å². The van der Waals surface area contributed by atoms with E-state index in [0.29, 0.717) is 33.6 Å². The zero-order valence-electron chi connectivity index (χ0n) is 21.3. The number of nitrogens with zero attached hydrogens (tertiary/aromatic N) is 1. The van der Waals surface area contributed by atoms with Gasteiger partial charge < -0.3 is 10.1 Å². The van der Waals surface area contributed by atoms with Crippen molar-refractivity contribution in [2.75, 3.05) is 13.2 Å². The van der Waals surface area contributed by atoms with Crippen LogP contribution in [0.3, 0.4) is 0 Å². The first-order valence-corrected chi connectivity index (χ1v) is 12.6. The SMILES string of the molecule is CC(C)(C)C1C/C(=C\c2ccc(Cl)cc2)c2nc3ccccc3c(C(=O)OCC(=O)NCC(F)(F)F)c2C1. The molecule has 1 N–H and O–H groups in total. The zero-order chi connectivity index (χ0) is 27.7. The summed E-state index contributed by atoms with van der Waals surface area (Å²) in [7, 11) is 0. The summed E-state index contributed by atoms with van der Waals surface area (Å²) in [5.41, 5.74) is 4.03. The lowest BCUT2D eigenvalue weighted by Gasteiger charge is -2.36. The first-order valence-electron chi connectivity index (χ1n) is 12.2. The van der Waals surface area contributed by atoms with Crippen molar-refractivity contribution >= 4 is 46.0 Å². The van der Waals surface area contributed by atoms with E-state index >= 15 is 0 Å². The van der Waals surface area contributed by atoms with Crippen LogP contribution in [0.15, 0.2) is 48.5 Å². The maximum absolute atomic E-state index is 13.4. The van der Waals surface area contributed by atoms with Gasteiger partial charge in [-0.15, -0.1) is 0 Å². The van der Waals surface area contributed by atoms with Gasteiger partial charge in [-0.3, -0.25) is 4.79 Å². The van der Waals surface area contributed by atoms with Crippen LogP contribution in [0.25, 0.3) is 22.6 Å². The number of carbonyl (C=O) groups is 2. The van der Waals surface area contributed by atoms with Gasteiger partial charge >= 0.3 is 12.1 Å². The highest BCUT2D eigenvalue weighted by atomic mass is 35.5. The van der Waals surface area contributed by atoms with Crippen molar-refractivity contribution in [2.45, 2.75) is 39.8 Å². The molecule has 38 heavy (non-hydrogen) atoms. The van der Waals surface area contributed by atoms with Crippen molar-refractivity contribution in [1.29, 1.82) is 0 Å². The standard InChI is InChI=1S/C29H28ClF3N2O3/c1-28(2,3)19-13-18(12-17-8-10-20(30)11-9-17)26-22(14-19)25(21-6-4-5-7-23(21)35-26)27(37)38-15-24(36)34-16-29(31,32)33/h4-12,19H,13-16H2,1-3H3,(H,34,36)/b18-12+. The van der Waals surface area contributed by atoms with Gasteiger partial charge in [-0.1, -0.05) is 62.7 Å². The molecular formula is C29H28ClF3N2O3. The Bertz CT molecular complexity index is 1390. The first kappa shape index (κ1) is 27.6. The summed E-state index contributed by atoms with van der Waals surface area (Å²) in [5, 5.41) is 2.91. The number of carbonyl (C=O) groups excluding carboxylic acids is 2. The molecule has 0 saturated heterocycles. The number of pyridine rings is 1. The maximum Gasteiger partial charge on any atom is 0.405 e. The summed E-state index contributed by atoms with van der Waals surface area (Å²) in [5.74, 6) is -1.64. The number of nitrogens with one attached hydrogen (secondary N) is 1. The number of benzene rings is 2. The van der Waals surface area contributed by atoms with E-state index in [9.17, 15) is 22.8 Å². The number of rotatable bonds is 5. The summed E-state index contributed by atoms with van der Waals surface area (Å²) in [6.45, 7) is 4.10. The quantitative estimate of drug-likeness (QED) is 0.356. The number of alkyl halides is 3. The summed E-state index contributed by atoms with van der Waals surface area (Å²) in [6.07, 6.45) is -1.23. The fraction of sp³-hybridized carbons (Fsp3) is 0.345. The fourth-order valence-corrected chi connectivity index (χ4v) is 4.71. The topological polar surface area (TPSA) is 68.3 Å². The third-order valence-electron chi connectivity index (χ3n) is 6.67. The Balaban J connectivity index is 1.78. The van der Waals surface area contributed by atoms with E-state index in [4.69, 9.17) is 21.3 Å². The molecule has 5 nitrogen and oxygen atoms in total. The molecule has 2 aromatic carbocycles. The Morgan fingerprint density at radius 1 is 1.08 bits per heavy atom. The van der Waals surface area contributed by atoms with Crippen molar-refractivity contribution in [3.05, 3.63) is 75.9 Å². The van der Waals surface area contributed by atoms with Gasteiger partial charge in [-0.2, -0.15) is 13.2 Å². The minimum atomic E-state index is -4.56. The highest BCUT2D eigenvalue weighted by molar-refractivity contribution is 6.30. The number of fused-ring (bicyclic) bond motifs is 2. The minimum Gasteiger partial charge on any atom is -0.452 e. The van der Waals surface area contributed by atoms with E-state index in [1.54, 1.807) is 35.6 Å². The van der Waals surface area contributed by atoms with Gasteiger partial charge in [-0.25, -0.2) is 9.78 Å². The van der Waals surface area contributed by atoms with Crippen molar-refractivity contribution in [3.8, 4) is 0 Å². The molecule has 0 radical (unpaired) electrons. The molecule has 200 valence electrons. The van der Waals surface area contributed by atoms with Crippen LogP contribution >= 0.6 is 11.6 Å². The second-order valence-corrected chi connectivity index (χ2v) is 10.9. The number of esters is 1. The van der Waals surface area contributed by atoms with Crippen LogP contribution in [-0.2, 0) is 16.0 Å². The lowest BCUT2D eigenvalue weighted by Crippen LogP contribution is -2.36. The number of allylic oxidation sites excluding steroid dienone is 1. The number of aromatic nitrogens is 1. The van der Waals surface area contributed by atoms with Crippen molar-refractivity contribution in [2.24, 2.45) is 11.3 Å². The molecule has 3 aromatic rings. The predicted octanol–water partition coefficient (Wildman–Crippen LogP) is 6.87. The lowest BCUT2D eigenvalue weighted by molar-refractivity contribution is -0.140. The Morgan fingerprint density at radius 3 is 2.42 bits per heavy atom. The normalized spacial score (nSPS) is 16.8. The Labute approximate surface area is 224 Å². The van der Waals surface area contributed by atoms with Gasteiger partial charge in [-0.05, 0) is 65.1 Å². The van der Waals surface area contributed by atoms with Gasteiger partial charge in [0.2, 0.25) is 0 Å². The van der Waals surface area contributed by atoms with E-state index in [1.165, 1.54) is 0 Å². The number of hydrogen-bond acceptors (Lipinski definition) is 4. The van der Waals surface area contributed by atoms with Crippen LogP contribution in [0.2, 0.25) is 5.02 Å². The molecule has 1 aliphatic carbocycles. The Kier molecular flexibility index (Phi) is 7.83. The van der Waals surface area contributed by atoms with Gasteiger partial charge in [0.15, 0.2) is 6.61 Å². The van der Waals surface area contributed by atoms with E-state index in [2.05, 4.69) is 20.8 Å². The van der Waals surface area contributed by atoms with Crippen LogP contribution in [0.1, 0.15) is 54.4 Å². The number of ether oxygens (including phenoxy) is 1. The molecule has 0 fully saturated rings. The third-order valence-corrected chi connectivity index (χ3v) is 6.93. The molecule has 0 spiro atoms. The summed E-state index contributed by atoms with van der Waals surface area (Å²) in [4.78, 5) is 30.2. The smallest absolute Gasteiger partial charge is 0.405 e. The molecule has 1 heterocycles. The van der Waals surface area contributed by atoms with Crippen LogP contribution in [0.5, 0.6) is 0 Å². The lowest BCUT2D eigenvalue weighted by atomic mass is 9.69. The fourth-order valence-electron chi connectivity index (χ4n) is 4.58. The van der Waals surface area contributed by atoms with Gasteiger partial charge in [0.25, 0.3) is 5.91 Å². The highest BCUT2D eigenvalue weighted by Crippen LogP contribution is 2.44. The summed E-state index contributed by atoms with van der Waals surface area (Å²) >= 11 is 6.06. The first-order chi connectivity index (χ1) is 17.8. The van der Waals surface area contributed by atoms with Crippen LogP contribution < -0.4 is 5.32 Å². The number of amides is 1. The summed E-state index contributed by atoms with van der Waals surface area (Å²) in [6, 6.07) is 14.6. The molecule has 0 saturated carbocycles. The monoisotopic (exact) mass is 544 g/mol. The van der Waals surface area contributed by atoms with E-state index < -0.39 is 31.2 Å². The Morgan fingerprint density at radius 2 is 1.76 bits per heavy atom. The predicted molar refractivity (Wildman–Crippen MR) is 142 cm³/mol. The average Bonchev–Trinajstić information content (AvgIpc) is 2.85. The number of halogens is 4. The molecule has 1 amide bonds. The largest absolute Gasteiger partial charge is 0.452 e. The zero-order valence-corrected chi connectivity index (χ0v) is 22.0. The van der Waals surface area contributed by atoms with Gasteiger partial charge in [0.1, 0.15) is 6.54 Å². The second kappa shape index (κ2) is 10.8. The highest BCUT2D eigenvalue weighted by Gasteiger charge is 2.35. The molecular weight excluding hydrogens is 517 g/mol. The number of hydrogen-bond donors (Lipinski definition) is 1. The van der Waals surface area contributed by atoms with E-state index in [0.717, 1.165) is 17.6 Å². The molecule has 1 unspecified atom stereocenters. The third kappa shape index (κ3) is 6.54. The minimum absolute atomic E-state index is 0.0962. The molecule has 0 bridgehead atoms. The van der Waals surface area contributed by atoms with Gasteiger partial charge in [0, 0.05) is 10.4 Å².